The van der Waals surface area contributed by atoms with Gasteiger partial charge in [-0.25, -0.2) is 9.37 Å². The van der Waals surface area contributed by atoms with E-state index in [1.807, 2.05) is 6.08 Å². The van der Waals surface area contributed by atoms with Gasteiger partial charge in [0.15, 0.2) is 0 Å². The van der Waals surface area contributed by atoms with Crippen LogP contribution in [0.1, 0.15) is 26.3 Å². The summed E-state index contributed by atoms with van der Waals surface area (Å²) in [5, 5.41) is 16.4. The summed E-state index contributed by atoms with van der Waals surface area (Å²) in [6, 6.07) is 21.6. The van der Waals surface area contributed by atoms with Gasteiger partial charge in [-0.15, -0.1) is 0 Å². The third-order valence-electron chi connectivity index (χ3n) is 6.71. The zero-order valence-electron chi connectivity index (χ0n) is 23.3. The summed E-state index contributed by atoms with van der Waals surface area (Å²) in [5.41, 5.74) is 2.87. The number of nitrogens with one attached hydrogen (secondary N) is 2. The van der Waals surface area contributed by atoms with Gasteiger partial charge in [-0.05, 0) is 59.7 Å². The fourth-order valence-corrected chi connectivity index (χ4v) is 4.34. The van der Waals surface area contributed by atoms with Gasteiger partial charge in [0.1, 0.15) is 22.9 Å². The molecule has 2 amide bonds. The fraction of sp³-hybridized carbons (Fsp3) is 0.121. The number of pyridine rings is 1. The average Bonchev–Trinajstić information content (AvgIpc) is 3.04. The second-order valence-corrected chi connectivity index (χ2v) is 9.55. The highest BCUT2D eigenvalue weighted by molar-refractivity contribution is 5.96. The van der Waals surface area contributed by atoms with Crippen molar-refractivity contribution in [2.45, 2.75) is 6.54 Å². The smallest absolute Gasteiger partial charge is 0.257 e. The van der Waals surface area contributed by atoms with Crippen LogP contribution in [0.3, 0.4) is 0 Å². The van der Waals surface area contributed by atoms with Gasteiger partial charge in [-0.1, -0.05) is 42.5 Å². The maximum atomic E-state index is 15.0. The monoisotopic (exact) mass is 580 g/mol. The van der Waals surface area contributed by atoms with Crippen LogP contribution in [0.2, 0.25) is 0 Å². The second-order valence-electron chi connectivity index (χ2n) is 9.55. The lowest BCUT2D eigenvalue weighted by atomic mass is 10.0. The fourth-order valence-electron chi connectivity index (χ4n) is 4.34. The van der Waals surface area contributed by atoms with E-state index in [2.05, 4.69) is 15.6 Å². The number of allylic oxidation sites excluding steroid dienone is 2. The highest BCUT2D eigenvalue weighted by Gasteiger charge is 2.16. The Morgan fingerprint density at radius 2 is 1.70 bits per heavy atom. The van der Waals surface area contributed by atoms with E-state index in [0.29, 0.717) is 40.4 Å². The molecule has 0 unspecified atom stereocenters. The number of halogens is 1. The summed E-state index contributed by atoms with van der Waals surface area (Å²) in [6.07, 6.45) is 6.86. The maximum absolute atomic E-state index is 15.0. The molecule has 0 spiro atoms. The van der Waals surface area contributed by atoms with E-state index in [0.717, 1.165) is 10.6 Å². The van der Waals surface area contributed by atoms with Gasteiger partial charge in [0.05, 0.1) is 25.9 Å². The predicted octanol–water partition coefficient (Wildman–Crippen LogP) is 5.49. The molecule has 4 aromatic rings. The van der Waals surface area contributed by atoms with Crippen LogP contribution >= 0.6 is 0 Å². The SMILES string of the molecule is COc1cccc(Oc2ncccc2C(=O)NCc2ccc(-c3ccc(C(=O)NCC4=CC=CCN4O)cc3)cc2F)c1. The van der Waals surface area contributed by atoms with Crippen molar-refractivity contribution >= 4 is 11.8 Å². The van der Waals surface area contributed by atoms with E-state index in [1.165, 1.54) is 12.3 Å². The maximum Gasteiger partial charge on any atom is 0.257 e. The van der Waals surface area contributed by atoms with Crippen LogP contribution in [0.15, 0.2) is 109 Å². The van der Waals surface area contributed by atoms with Crippen LogP contribution in [-0.2, 0) is 6.54 Å². The van der Waals surface area contributed by atoms with Crippen LogP contribution in [0.5, 0.6) is 17.4 Å². The largest absolute Gasteiger partial charge is 0.497 e. The number of ether oxygens (including phenoxy) is 2. The quantitative estimate of drug-likeness (QED) is 0.227. The number of hydrogen-bond acceptors (Lipinski definition) is 7. The Morgan fingerprint density at radius 3 is 2.47 bits per heavy atom. The molecule has 5 rings (SSSR count). The molecule has 0 radical (unpaired) electrons. The average molecular weight is 581 g/mol. The summed E-state index contributed by atoms with van der Waals surface area (Å²) in [6.45, 7) is 0.501. The van der Waals surface area contributed by atoms with E-state index in [1.54, 1.807) is 92.1 Å². The first kappa shape index (κ1) is 29.0. The van der Waals surface area contributed by atoms with Crippen LogP contribution in [0.25, 0.3) is 11.1 Å². The molecule has 10 heteroatoms. The van der Waals surface area contributed by atoms with Crippen molar-refractivity contribution in [1.82, 2.24) is 20.7 Å². The number of carbonyl (C=O) groups excluding carboxylic acids is 2. The van der Waals surface area contributed by atoms with Crippen LogP contribution < -0.4 is 20.1 Å². The Bertz CT molecular complexity index is 1690. The Labute approximate surface area is 247 Å². The molecule has 2 heterocycles. The Kier molecular flexibility index (Phi) is 9.08. The van der Waals surface area contributed by atoms with Gasteiger partial charge < -0.3 is 20.1 Å². The Morgan fingerprint density at radius 1 is 0.930 bits per heavy atom. The molecule has 218 valence electrons. The van der Waals surface area contributed by atoms with Crippen molar-refractivity contribution in [1.29, 1.82) is 0 Å². The lowest BCUT2D eigenvalue weighted by Gasteiger charge is -2.21. The molecular formula is C33H29FN4O5. The van der Waals surface area contributed by atoms with E-state index < -0.39 is 11.7 Å². The summed E-state index contributed by atoms with van der Waals surface area (Å²) >= 11 is 0. The van der Waals surface area contributed by atoms with Gasteiger partial charge in [0.2, 0.25) is 5.88 Å². The molecule has 0 saturated heterocycles. The Hall–Kier alpha value is -5.48. The topological polar surface area (TPSA) is 113 Å². The van der Waals surface area contributed by atoms with Crippen molar-refractivity contribution in [3.8, 4) is 28.5 Å². The molecule has 3 aromatic carbocycles. The van der Waals surface area contributed by atoms with E-state index in [9.17, 15) is 14.8 Å². The molecule has 1 aliphatic heterocycles. The minimum Gasteiger partial charge on any atom is -0.497 e. The number of hydrogen-bond donors (Lipinski definition) is 3. The standard InChI is InChI=1S/C33H29FN4O5/c1-42-27-7-4-8-28(19-27)43-33-29(9-5-16-35-33)32(40)36-20-25-15-14-24(18-30(25)34)22-10-12-23(13-11-22)31(39)37-21-26-6-2-3-17-38(26)41/h2-16,18-19,41H,17,20-21H2,1H3,(H,36,40)(H,37,39). The molecule has 1 aromatic heterocycles. The van der Waals surface area contributed by atoms with Gasteiger partial charge in [0, 0.05) is 29.9 Å². The van der Waals surface area contributed by atoms with Crippen LogP contribution in [0.4, 0.5) is 4.39 Å². The highest BCUT2D eigenvalue weighted by Crippen LogP contribution is 2.27. The third-order valence-corrected chi connectivity index (χ3v) is 6.71. The number of hydroxylamine groups is 2. The van der Waals surface area contributed by atoms with Gasteiger partial charge >= 0.3 is 0 Å². The molecule has 0 saturated carbocycles. The zero-order chi connectivity index (χ0) is 30.2. The summed E-state index contributed by atoms with van der Waals surface area (Å²) in [5.74, 6) is -0.0811. The van der Waals surface area contributed by atoms with Gasteiger partial charge in [0.25, 0.3) is 11.8 Å². The molecule has 3 N–H and O–H groups in total. The number of amides is 2. The molecular weight excluding hydrogens is 551 g/mol. The number of rotatable bonds is 10. The lowest BCUT2D eigenvalue weighted by Crippen LogP contribution is -2.32. The van der Waals surface area contributed by atoms with Crippen LogP contribution in [0, 0.1) is 5.82 Å². The summed E-state index contributed by atoms with van der Waals surface area (Å²) in [7, 11) is 1.55. The minimum absolute atomic E-state index is 0.0466. The zero-order valence-corrected chi connectivity index (χ0v) is 23.3. The highest BCUT2D eigenvalue weighted by atomic mass is 19.1. The molecule has 0 fully saturated rings. The molecule has 9 nitrogen and oxygen atoms in total. The van der Waals surface area contributed by atoms with Crippen molar-refractivity contribution in [2.24, 2.45) is 0 Å². The number of benzene rings is 3. The van der Waals surface area contributed by atoms with E-state index in [4.69, 9.17) is 9.47 Å². The first-order valence-corrected chi connectivity index (χ1v) is 13.5. The molecule has 0 bridgehead atoms. The molecule has 43 heavy (non-hydrogen) atoms. The Balaban J connectivity index is 1.19. The van der Waals surface area contributed by atoms with Crippen molar-refractivity contribution in [3.05, 3.63) is 131 Å². The van der Waals surface area contributed by atoms with Crippen molar-refractivity contribution in [3.63, 3.8) is 0 Å². The second kappa shape index (κ2) is 13.5. The van der Waals surface area contributed by atoms with Crippen LogP contribution in [-0.4, -0.2) is 47.3 Å². The number of nitrogens with zero attached hydrogens (tertiary/aromatic N) is 2. The molecule has 0 atom stereocenters. The first-order chi connectivity index (χ1) is 20.9. The van der Waals surface area contributed by atoms with Gasteiger partial charge in [-0.3, -0.25) is 19.9 Å². The predicted molar refractivity (Wildman–Crippen MR) is 158 cm³/mol. The van der Waals surface area contributed by atoms with E-state index in [-0.39, 0.29) is 30.4 Å². The minimum atomic E-state index is -0.484. The summed E-state index contributed by atoms with van der Waals surface area (Å²) in [4.78, 5) is 29.7. The number of methoxy groups -OCH3 is 1. The first-order valence-electron chi connectivity index (χ1n) is 13.5. The molecule has 0 aliphatic carbocycles. The van der Waals surface area contributed by atoms with E-state index >= 15 is 4.39 Å². The summed E-state index contributed by atoms with van der Waals surface area (Å²) < 4.78 is 26.1. The lowest BCUT2D eigenvalue weighted by molar-refractivity contribution is -0.0470. The number of carbonyl (C=O) groups is 2. The number of aromatic nitrogens is 1. The van der Waals surface area contributed by atoms with Crippen molar-refractivity contribution in [2.75, 3.05) is 20.2 Å². The van der Waals surface area contributed by atoms with Crippen molar-refractivity contribution < 1.29 is 28.7 Å². The van der Waals surface area contributed by atoms with Gasteiger partial charge in [-0.2, -0.15) is 0 Å². The third kappa shape index (κ3) is 7.24. The normalized spacial score (nSPS) is 12.3. The molecule has 1 aliphatic rings.